The quantitative estimate of drug-likeness (QED) is 0.746. The Bertz CT molecular complexity index is 453. The van der Waals surface area contributed by atoms with Crippen LogP contribution in [0.5, 0.6) is 5.75 Å². The highest BCUT2D eigenvalue weighted by Crippen LogP contribution is 2.38. The Hall–Kier alpha value is -1.59. The highest BCUT2D eigenvalue weighted by atomic mass is 16.5. The van der Waals surface area contributed by atoms with Crippen LogP contribution in [0.2, 0.25) is 0 Å². The second-order valence-electron chi connectivity index (χ2n) is 5.38. The molecule has 0 spiro atoms. The average molecular weight is 278 g/mol. The molecule has 1 amide bonds. The third-order valence-corrected chi connectivity index (χ3v) is 3.58. The van der Waals surface area contributed by atoms with E-state index in [2.05, 4.69) is 5.32 Å². The number of nitrogens with one attached hydrogen (secondary N) is 1. The van der Waals surface area contributed by atoms with Crippen molar-refractivity contribution in [1.29, 1.82) is 0 Å². The maximum atomic E-state index is 12.1. The largest absolute Gasteiger partial charge is 0.491 e. The summed E-state index contributed by atoms with van der Waals surface area (Å²) < 4.78 is 10.4. The molecule has 0 bridgehead atoms. The minimum Gasteiger partial charge on any atom is -0.491 e. The predicted molar refractivity (Wildman–Crippen MR) is 77.8 cm³/mol. The normalized spacial score (nSPS) is 17.4. The van der Waals surface area contributed by atoms with E-state index in [-0.39, 0.29) is 5.91 Å². The number of rotatable bonds is 7. The minimum absolute atomic E-state index is 0.131. The third-order valence-electron chi connectivity index (χ3n) is 3.58. The molecular formula is C15H22N2O3. The summed E-state index contributed by atoms with van der Waals surface area (Å²) in [4.78, 5) is 12.1. The summed E-state index contributed by atoms with van der Waals surface area (Å²) in [5.41, 5.74) is 6.02. The number of benzene rings is 1. The van der Waals surface area contributed by atoms with Crippen molar-refractivity contribution in [3.63, 3.8) is 0 Å². The molecule has 0 heterocycles. The molecule has 2 rings (SSSR count). The summed E-state index contributed by atoms with van der Waals surface area (Å²) in [6.07, 6.45) is 2.07. The summed E-state index contributed by atoms with van der Waals surface area (Å²) >= 11 is 0. The second-order valence-corrected chi connectivity index (χ2v) is 5.38. The van der Waals surface area contributed by atoms with Crippen molar-refractivity contribution in [3.05, 3.63) is 24.3 Å². The molecule has 1 fully saturated rings. The molecule has 5 heteroatoms. The molecule has 0 aliphatic heterocycles. The molecule has 1 unspecified atom stereocenters. The van der Waals surface area contributed by atoms with E-state index in [4.69, 9.17) is 15.2 Å². The topological polar surface area (TPSA) is 73.6 Å². The van der Waals surface area contributed by atoms with E-state index >= 15 is 0 Å². The summed E-state index contributed by atoms with van der Waals surface area (Å²) in [6, 6.07) is 7.25. The van der Waals surface area contributed by atoms with Gasteiger partial charge in [0.25, 0.3) is 0 Å². The van der Waals surface area contributed by atoms with Gasteiger partial charge in [0.1, 0.15) is 12.4 Å². The van der Waals surface area contributed by atoms with Gasteiger partial charge in [0.2, 0.25) is 5.91 Å². The molecule has 20 heavy (non-hydrogen) atoms. The fourth-order valence-corrected chi connectivity index (χ4v) is 2.01. The van der Waals surface area contributed by atoms with E-state index in [1.54, 1.807) is 14.0 Å². The van der Waals surface area contributed by atoms with Crippen LogP contribution in [0.4, 0.5) is 5.69 Å². The molecule has 1 aromatic rings. The van der Waals surface area contributed by atoms with Crippen LogP contribution in [0.15, 0.2) is 24.3 Å². The molecule has 1 saturated carbocycles. The molecule has 0 saturated heterocycles. The number of hydrogen-bond donors (Lipinski definition) is 2. The van der Waals surface area contributed by atoms with Crippen LogP contribution in [0, 0.1) is 5.92 Å². The van der Waals surface area contributed by atoms with Crippen LogP contribution in [0.3, 0.4) is 0 Å². The smallest absolute Gasteiger partial charge is 0.244 e. The van der Waals surface area contributed by atoms with Gasteiger partial charge in [-0.25, -0.2) is 0 Å². The van der Waals surface area contributed by atoms with Crippen LogP contribution in [0.1, 0.15) is 19.8 Å². The van der Waals surface area contributed by atoms with Crippen LogP contribution < -0.4 is 15.8 Å². The first-order chi connectivity index (χ1) is 9.54. The summed E-state index contributed by atoms with van der Waals surface area (Å²) in [6.45, 7) is 2.85. The van der Waals surface area contributed by atoms with Gasteiger partial charge in [0, 0.05) is 12.8 Å². The number of carbonyl (C=O) groups excluding carboxylic acids is 1. The first-order valence-corrected chi connectivity index (χ1v) is 6.86. The zero-order valence-corrected chi connectivity index (χ0v) is 12.0. The van der Waals surface area contributed by atoms with Crippen molar-refractivity contribution in [2.75, 3.05) is 25.6 Å². The van der Waals surface area contributed by atoms with E-state index in [0.29, 0.717) is 19.1 Å². The van der Waals surface area contributed by atoms with Crippen molar-refractivity contribution in [2.24, 2.45) is 11.7 Å². The summed E-state index contributed by atoms with van der Waals surface area (Å²) in [7, 11) is 1.63. The van der Waals surface area contributed by atoms with Gasteiger partial charge in [0.05, 0.1) is 12.1 Å². The van der Waals surface area contributed by atoms with E-state index in [1.807, 2.05) is 24.3 Å². The second kappa shape index (κ2) is 6.24. The van der Waals surface area contributed by atoms with E-state index < -0.39 is 5.54 Å². The van der Waals surface area contributed by atoms with E-state index in [9.17, 15) is 4.79 Å². The monoisotopic (exact) mass is 278 g/mol. The molecule has 0 radical (unpaired) electrons. The highest BCUT2D eigenvalue weighted by Gasteiger charge is 2.44. The molecular weight excluding hydrogens is 256 g/mol. The van der Waals surface area contributed by atoms with Crippen LogP contribution in [-0.4, -0.2) is 31.8 Å². The Morgan fingerprint density at radius 2 is 2.00 bits per heavy atom. The molecule has 1 aliphatic rings. The van der Waals surface area contributed by atoms with E-state index in [1.165, 1.54) is 0 Å². The Labute approximate surface area is 119 Å². The predicted octanol–water partition coefficient (Wildman–Crippen LogP) is 1.78. The molecule has 1 aromatic carbocycles. The highest BCUT2D eigenvalue weighted by molar-refractivity contribution is 5.98. The Balaban J connectivity index is 1.88. The van der Waals surface area contributed by atoms with Gasteiger partial charge in [-0.2, -0.15) is 0 Å². The maximum absolute atomic E-state index is 12.1. The van der Waals surface area contributed by atoms with Crippen LogP contribution >= 0.6 is 0 Å². The standard InChI is InChI=1S/C15H22N2O3/c1-15(16,11-3-4-11)14(18)17-12-5-7-13(8-6-12)20-10-9-19-2/h5-8,11H,3-4,9-10,16H2,1-2H3,(H,17,18). The number of methoxy groups -OCH3 is 1. The van der Waals surface area contributed by atoms with Gasteiger partial charge in [-0.05, 0) is 49.9 Å². The Kier molecular flexibility index (Phi) is 4.62. The molecule has 110 valence electrons. The summed E-state index contributed by atoms with van der Waals surface area (Å²) in [5.74, 6) is 0.921. The van der Waals surface area contributed by atoms with Gasteiger partial charge >= 0.3 is 0 Å². The molecule has 0 aromatic heterocycles. The van der Waals surface area contributed by atoms with Crippen molar-refractivity contribution in [2.45, 2.75) is 25.3 Å². The summed E-state index contributed by atoms with van der Waals surface area (Å²) in [5, 5.41) is 2.85. The van der Waals surface area contributed by atoms with Crippen molar-refractivity contribution >= 4 is 11.6 Å². The SMILES string of the molecule is COCCOc1ccc(NC(=O)C(C)(N)C2CC2)cc1. The van der Waals surface area contributed by atoms with Gasteiger partial charge in [-0.3, -0.25) is 4.79 Å². The van der Waals surface area contributed by atoms with Crippen molar-refractivity contribution in [1.82, 2.24) is 0 Å². The Morgan fingerprint density at radius 3 is 2.55 bits per heavy atom. The van der Waals surface area contributed by atoms with E-state index in [0.717, 1.165) is 24.3 Å². The number of nitrogens with two attached hydrogens (primary N) is 1. The zero-order valence-electron chi connectivity index (χ0n) is 12.0. The van der Waals surface area contributed by atoms with Gasteiger partial charge in [0.15, 0.2) is 0 Å². The fourth-order valence-electron chi connectivity index (χ4n) is 2.01. The first kappa shape index (κ1) is 14.8. The van der Waals surface area contributed by atoms with Crippen molar-refractivity contribution in [3.8, 4) is 5.75 Å². The third kappa shape index (κ3) is 3.71. The lowest BCUT2D eigenvalue weighted by atomic mass is 9.96. The number of ether oxygens (including phenoxy) is 2. The van der Waals surface area contributed by atoms with Gasteiger partial charge in [-0.1, -0.05) is 0 Å². The Morgan fingerprint density at radius 1 is 1.35 bits per heavy atom. The molecule has 3 N–H and O–H groups in total. The zero-order chi connectivity index (χ0) is 14.6. The average Bonchev–Trinajstić information content (AvgIpc) is 3.25. The number of anilines is 1. The van der Waals surface area contributed by atoms with Gasteiger partial charge < -0.3 is 20.5 Å². The lowest BCUT2D eigenvalue weighted by molar-refractivity contribution is -0.121. The van der Waals surface area contributed by atoms with Crippen LogP contribution in [0.25, 0.3) is 0 Å². The first-order valence-electron chi connectivity index (χ1n) is 6.86. The number of hydrogen-bond acceptors (Lipinski definition) is 4. The molecule has 5 nitrogen and oxygen atoms in total. The van der Waals surface area contributed by atoms with Crippen LogP contribution in [-0.2, 0) is 9.53 Å². The molecule has 1 aliphatic carbocycles. The minimum atomic E-state index is -0.784. The fraction of sp³-hybridized carbons (Fsp3) is 0.533. The maximum Gasteiger partial charge on any atom is 0.244 e. The molecule has 1 atom stereocenters. The number of amides is 1. The lowest BCUT2D eigenvalue weighted by Crippen LogP contribution is -2.50. The number of carbonyl (C=O) groups is 1. The lowest BCUT2D eigenvalue weighted by Gasteiger charge is -2.23. The van der Waals surface area contributed by atoms with Crippen molar-refractivity contribution < 1.29 is 14.3 Å². The van der Waals surface area contributed by atoms with Gasteiger partial charge in [-0.15, -0.1) is 0 Å².